The first-order valence-corrected chi connectivity index (χ1v) is 7.18. The summed E-state index contributed by atoms with van der Waals surface area (Å²) in [6.07, 6.45) is 1.05. The van der Waals surface area contributed by atoms with Crippen LogP contribution in [-0.2, 0) is 4.74 Å². The van der Waals surface area contributed by atoms with E-state index in [-0.39, 0.29) is 37.9 Å². The van der Waals surface area contributed by atoms with Crippen LogP contribution in [-0.4, -0.2) is 56.3 Å². The third-order valence-corrected chi connectivity index (χ3v) is 4.12. The van der Waals surface area contributed by atoms with E-state index in [1.54, 1.807) is 0 Å². The molecular weight excluding hydrogens is 312 g/mol. The number of hydrogen-bond acceptors (Lipinski definition) is 3. The van der Waals surface area contributed by atoms with E-state index in [9.17, 15) is 17.6 Å². The fourth-order valence-electron chi connectivity index (χ4n) is 3.01. The molecule has 1 aliphatic heterocycles. The molecule has 2 aliphatic rings. The van der Waals surface area contributed by atoms with E-state index in [0.29, 0.717) is 25.3 Å². The lowest BCUT2D eigenvalue weighted by Gasteiger charge is -2.37. The zero-order valence-electron chi connectivity index (χ0n) is 11.9. The Labute approximate surface area is 128 Å². The second kappa shape index (κ2) is 8.50. The highest BCUT2D eigenvalue weighted by atomic mass is 35.5. The molecule has 0 amide bonds. The summed E-state index contributed by atoms with van der Waals surface area (Å²) >= 11 is 0. The highest BCUT2D eigenvalue weighted by molar-refractivity contribution is 5.85. The van der Waals surface area contributed by atoms with Crippen molar-refractivity contribution in [3.8, 4) is 0 Å². The van der Waals surface area contributed by atoms with Crippen molar-refractivity contribution < 1.29 is 22.3 Å². The van der Waals surface area contributed by atoms with Crippen LogP contribution in [0.2, 0.25) is 0 Å². The molecule has 2 fully saturated rings. The summed E-state index contributed by atoms with van der Waals surface area (Å²) in [7, 11) is 0. The molecule has 1 heterocycles. The number of hydrogen-bond donors (Lipinski definition) is 1. The minimum atomic E-state index is -2.74. The van der Waals surface area contributed by atoms with Gasteiger partial charge in [0.1, 0.15) is 0 Å². The molecule has 1 atom stereocenters. The molecule has 1 saturated heterocycles. The smallest absolute Gasteiger partial charge is 0.321 e. The topological polar surface area (TPSA) is 24.5 Å². The van der Waals surface area contributed by atoms with Gasteiger partial charge in [0, 0.05) is 45.1 Å². The van der Waals surface area contributed by atoms with Gasteiger partial charge in [-0.05, 0) is 18.8 Å². The van der Waals surface area contributed by atoms with Crippen molar-refractivity contribution in [3.05, 3.63) is 0 Å². The van der Waals surface area contributed by atoms with Crippen molar-refractivity contribution in [2.75, 3.05) is 32.8 Å². The van der Waals surface area contributed by atoms with Gasteiger partial charge >= 0.3 is 6.61 Å². The van der Waals surface area contributed by atoms with E-state index in [2.05, 4.69) is 15.0 Å². The standard InChI is InChI=1S/C13H22F4N2O.ClH/c14-12(15)20-9-11-8-19(6-5-18-11)7-10-1-3-13(16,17)4-2-10;/h10-12,18H,1-9H2;1H. The largest absolute Gasteiger partial charge is 0.345 e. The Hall–Kier alpha value is -0.110. The Kier molecular flexibility index (Phi) is 7.67. The Morgan fingerprint density at radius 1 is 1.24 bits per heavy atom. The van der Waals surface area contributed by atoms with Crippen molar-refractivity contribution in [2.24, 2.45) is 5.92 Å². The first kappa shape index (κ1) is 18.9. The molecule has 8 heteroatoms. The Balaban J connectivity index is 0.00000220. The van der Waals surface area contributed by atoms with E-state index in [1.807, 2.05) is 0 Å². The van der Waals surface area contributed by atoms with E-state index in [4.69, 9.17) is 0 Å². The van der Waals surface area contributed by atoms with E-state index in [0.717, 1.165) is 19.6 Å². The summed E-state index contributed by atoms with van der Waals surface area (Å²) in [5.41, 5.74) is 0. The molecule has 1 N–H and O–H groups in total. The molecule has 1 saturated carbocycles. The van der Waals surface area contributed by atoms with E-state index in [1.165, 1.54) is 0 Å². The first-order chi connectivity index (χ1) is 9.44. The van der Waals surface area contributed by atoms with Gasteiger partial charge < -0.3 is 15.0 Å². The number of piperazine rings is 1. The molecule has 0 radical (unpaired) electrons. The third-order valence-electron chi connectivity index (χ3n) is 4.12. The maximum absolute atomic E-state index is 13.1. The van der Waals surface area contributed by atoms with Crippen molar-refractivity contribution in [2.45, 2.75) is 44.3 Å². The Bertz CT molecular complexity index is 300. The number of ether oxygens (including phenoxy) is 1. The summed E-state index contributed by atoms with van der Waals surface area (Å²) in [5, 5.41) is 3.13. The summed E-state index contributed by atoms with van der Waals surface area (Å²) in [6, 6.07) is -0.109. The number of nitrogens with one attached hydrogen (secondary N) is 1. The normalized spacial score (nSPS) is 27.6. The van der Waals surface area contributed by atoms with Crippen LogP contribution in [0.4, 0.5) is 17.6 Å². The van der Waals surface area contributed by atoms with Gasteiger partial charge in [0.2, 0.25) is 5.92 Å². The Morgan fingerprint density at radius 3 is 2.52 bits per heavy atom. The first-order valence-electron chi connectivity index (χ1n) is 7.18. The zero-order valence-corrected chi connectivity index (χ0v) is 12.7. The monoisotopic (exact) mass is 334 g/mol. The van der Waals surface area contributed by atoms with Crippen molar-refractivity contribution in [3.63, 3.8) is 0 Å². The predicted octanol–water partition coefficient (Wildman–Crippen LogP) is 2.75. The molecule has 0 aromatic heterocycles. The van der Waals surface area contributed by atoms with Crippen LogP contribution in [0.15, 0.2) is 0 Å². The number of rotatable bonds is 5. The summed E-state index contributed by atoms with van der Waals surface area (Å²) < 4.78 is 54.5. The molecule has 1 unspecified atom stereocenters. The van der Waals surface area contributed by atoms with Crippen LogP contribution >= 0.6 is 12.4 Å². The second-order valence-electron chi connectivity index (χ2n) is 5.80. The van der Waals surface area contributed by atoms with Gasteiger partial charge in [-0.1, -0.05) is 0 Å². The number of halogens is 5. The van der Waals surface area contributed by atoms with Crippen LogP contribution in [0, 0.1) is 5.92 Å². The van der Waals surface area contributed by atoms with Crippen LogP contribution in [0.3, 0.4) is 0 Å². The minimum absolute atomic E-state index is 0. The SMILES string of the molecule is Cl.FC(F)OCC1CN(CC2CCC(F)(F)CC2)CCN1. The van der Waals surface area contributed by atoms with Gasteiger partial charge in [-0.2, -0.15) is 8.78 Å². The molecule has 0 aromatic rings. The van der Waals surface area contributed by atoms with Gasteiger partial charge in [-0.25, -0.2) is 8.78 Å². The molecule has 1 aliphatic carbocycles. The lowest BCUT2D eigenvalue weighted by atomic mass is 9.86. The maximum atomic E-state index is 13.1. The van der Waals surface area contributed by atoms with Crippen molar-refractivity contribution >= 4 is 12.4 Å². The van der Waals surface area contributed by atoms with Gasteiger partial charge in [0.25, 0.3) is 0 Å². The van der Waals surface area contributed by atoms with Gasteiger partial charge in [0.15, 0.2) is 0 Å². The van der Waals surface area contributed by atoms with E-state index < -0.39 is 12.5 Å². The average molecular weight is 335 g/mol. The molecule has 0 spiro atoms. The lowest BCUT2D eigenvalue weighted by Crippen LogP contribution is -2.53. The summed E-state index contributed by atoms with van der Waals surface area (Å²) in [6.45, 7) is 0.213. The Morgan fingerprint density at radius 2 is 1.90 bits per heavy atom. The van der Waals surface area contributed by atoms with Crippen LogP contribution < -0.4 is 5.32 Å². The minimum Gasteiger partial charge on any atom is -0.321 e. The third kappa shape index (κ3) is 6.67. The molecule has 21 heavy (non-hydrogen) atoms. The predicted molar refractivity (Wildman–Crippen MR) is 74.3 cm³/mol. The molecule has 0 bridgehead atoms. The molecule has 0 aromatic carbocycles. The van der Waals surface area contributed by atoms with Crippen LogP contribution in [0.5, 0.6) is 0 Å². The quantitative estimate of drug-likeness (QED) is 0.782. The van der Waals surface area contributed by atoms with Gasteiger partial charge in [0.05, 0.1) is 6.61 Å². The molecule has 2 rings (SSSR count). The number of nitrogens with zero attached hydrogens (tertiary/aromatic N) is 1. The van der Waals surface area contributed by atoms with Gasteiger partial charge in [-0.15, -0.1) is 12.4 Å². The second-order valence-corrected chi connectivity index (χ2v) is 5.80. The molecule has 3 nitrogen and oxygen atoms in total. The van der Waals surface area contributed by atoms with Crippen molar-refractivity contribution in [1.82, 2.24) is 10.2 Å². The molecular formula is C13H23ClF4N2O. The van der Waals surface area contributed by atoms with Crippen LogP contribution in [0.25, 0.3) is 0 Å². The summed E-state index contributed by atoms with van der Waals surface area (Å²) in [4.78, 5) is 2.17. The van der Waals surface area contributed by atoms with Crippen LogP contribution in [0.1, 0.15) is 25.7 Å². The highest BCUT2D eigenvalue weighted by Gasteiger charge is 2.35. The van der Waals surface area contributed by atoms with Crippen molar-refractivity contribution in [1.29, 1.82) is 0 Å². The average Bonchev–Trinajstić information content (AvgIpc) is 2.39. The van der Waals surface area contributed by atoms with E-state index >= 15 is 0 Å². The van der Waals surface area contributed by atoms with Gasteiger partial charge in [-0.3, -0.25) is 0 Å². The lowest BCUT2D eigenvalue weighted by molar-refractivity contribution is -0.136. The highest BCUT2D eigenvalue weighted by Crippen LogP contribution is 2.36. The maximum Gasteiger partial charge on any atom is 0.345 e. The fourth-order valence-corrected chi connectivity index (χ4v) is 3.01. The fraction of sp³-hybridized carbons (Fsp3) is 1.00. The zero-order chi connectivity index (χ0) is 14.6. The molecule has 126 valence electrons. The number of alkyl halides is 4. The summed E-state index contributed by atoms with van der Waals surface area (Å²) in [5.74, 6) is -2.20.